The van der Waals surface area contributed by atoms with E-state index in [1.54, 1.807) is 0 Å². The minimum Gasteiger partial charge on any atom is -0.392 e. The number of rotatable bonds is 1. The highest BCUT2D eigenvalue weighted by Crippen LogP contribution is 2.43. The summed E-state index contributed by atoms with van der Waals surface area (Å²) in [4.78, 5) is 0. The predicted molar refractivity (Wildman–Crippen MR) is 53.1 cm³/mol. The summed E-state index contributed by atoms with van der Waals surface area (Å²) < 4.78 is 5.44. The maximum absolute atomic E-state index is 9.94. The standard InChI is InChI=1S/C12H14O2/c13-10-7-12-11(14-12)6-9(10)8-4-2-1-3-5-8/h1-5,9-13H,6-7H2/t9-,10+,11+,12-/m1/s1. The highest BCUT2D eigenvalue weighted by molar-refractivity contribution is 5.23. The maximum atomic E-state index is 9.94. The van der Waals surface area contributed by atoms with Gasteiger partial charge in [0.25, 0.3) is 0 Å². The fraction of sp³-hybridized carbons (Fsp3) is 0.500. The van der Waals surface area contributed by atoms with Crippen molar-refractivity contribution in [1.29, 1.82) is 0 Å². The number of hydrogen-bond donors (Lipinski definition) is 1. The first-order chi connectivity index (χ1) is 6.84. The zero-order valence-corrected chi connectivity index (χ0v) is 7.97. The Morgan fingerprint density at radius 3 is 2.57 bits per heavy atom. The molecule has 1 saturated heterocycles. The highest BCUT2D eigenvalue weighted by Gasteiger charge is 2.48. The molecule has 1 aliphatic carbocycles. The lowest BCUT2D eigenvalue weighted by molar-refractivity contribution is 0.116. The summed E-state index contributed by atoms with van der Waals surface area (Å²) >= 11 is 0. The van der Waals surface area contributed by atoms with Gasteiger partial charge in [-0.05, 0) is 12.0 Å². The summed E-state index contributed by atoms with van der Waals surface area (Å²) in [6, 6.07) is 10.3. The average Bonchev–Trinajstić information content (AvgIpc) is 2.96. The molecule has 0 amide bonds. The van der Waals surface area contributed by atoms with Gasteiger partial charge in [0.1, 0.15) is 0 Å². The minimum atomic E-state index is -0.221. The van der Waals surface area contributed by atoms with Gasteiger partial charge < -0.3 is 9.84 Å². The van der Waals surface area contributed by atoms with Crippen LogP contribution in [0.25, 0.3) is 0 Å². The molecule has 0 spiro atoms. The van der Waals surface area contributed by atoms with E-state index in [2.05, 4.69) is 12.1 Å². The Hall–Kier alpha value is -0.860. The summed E-state index contributed by atoms with van der Waals surface area (Å²) in [5, 5.41) is 9.94. The lowest BCUT2D eigenvalue weighted by Gasteiger charge is -2.25. The first-order valence-corrected chi connectivity index (χ1v) is 5.23. The quantitative estimate of drug-likeness (QED) is 0.683. The fourth-order valence-electron chi connectivity index (χ4n) is 2.46. The molecule has 74 valence electrons. The van der Waals surface area contributed by atoms with Crippen LogP contribution in [0.2, 0.25) is 0 Å². The van der Waals surface area contributed by atoms with Gasteiger partial charge in [-0.25, -0.2) is 0 Å². The molecule has 0 unspecified atom stereocenters. The van der Waals surface area contributed by atoms with E-state index < -0.39 is 0 Å². The van der Waals surface area contributed by atoms with Gasteiger partial charge in [-0.15, -0.1) is 0 Å². The van der Waals surface area contributed by atoms with Gasteiger partial charge in [0.05, 0.1) is 18.3 Å². The molecule has 2 fully saturated rings. The van der Waals surface area contributed by atoms with Crippen LogP contribution in [0.15, 0.2) is 30.3 Å². The molecule has 1 N–H and O–H groups in total. The highest BCUT2D eigenvalue weighted by atomic mass is 16.6. The minimum absolute atomic E-state index is 0.221. The summed E-state index contributed by atoms with van der Waals surface area (Å²) in [5.41, 5.74) is 1.24. The van der Waals surface area contributed by atoms with E-state index in [-0.39, 0.29) is 12.0 Å². The van der Waals surface area contributed by atoms with Crippen LogP contribution < -0.4 is 0 Å². The van der Waals surface area contributed by atoms with Gasteiger partial charge in [0.2, 0.25) is 0 Å². The van der Waals surface area contributed by atoms with Crippen molar-refractivity contribution >= 4 is 0 Å². The van der Waals surface area contributed by atoms with Gasteiger partial charge >= 0.3 is 0 Å². The molecule has 0 aromatic heterocycles. The van der Waals surface area contributed by atoms with E-state index in [0.29, 0.717) is 12.2 Å². The van der Waals surface area contributed by atoms with Gasteiger partial charge in [-0.1, -0.05) is 30.3 Å². The lowest BCUT2D eigenvalue weighted by Crippen LogP contribution is -2.27. The Labute approximate surface area is 83.5 Å². The second-order valence-electron chi connectivity index (χ2n) is 4.27. The third kappa shape index (κ3) is 1.35. The van der Waals surface area contributed by atoms with Crippen molar-refractivity contribution in [2.24, 2.45) is 0 Å². The number of fused-ring (bicyclic) bond motifs is 1. The van der Waals surface area contributed by atoms with Crippen molar-refractivity contribution in [3.63, 3.8) is 0 Å². The smallest absolute Gasteiger partial charge is 0.0867 e. The van der Waals surface area contributed by atoms with E-state index in [4.69, 9.17) is 4.74 Å². The Kier molecular flexibility index (Phi) is 1.85. The van der Waals surface area contributed by atoms with Crippen molar-refractivity contribution < 1.29 is 9.84 Å². The fourth-order valence-corrected chi connectivity index (χ4v) is 2.46. The molecule has 1 aromatic rings. The number of benzene rings is 1. The van der Waals surface area contributed by atoms with Crippen LogP contribution in [-0.2, 0) is 4.74 Å². The zero-order chi connectivity index (χ0) is 9.54. The van der Waals surface area contributed by atoms with Crippen LogP contribution in [0.5, 0.6) is 0 Å². The van der Waals surface area contributed by atoms with Crippen molar-refractivity contribution in [3.8, 4) is 0 Å². The summed E-state index contributed by atoms with van der Waals surface area (Å²) in [6.07, 6.45) is 2.34. The first-order valence-electron chi connectivity index (χ1n) is 5.23. The number of epoxide rings is 1. The van der Waals surface area contributed by atoms with E-state index in [0.717, 1.165) is 12.8 Å². The molecule has 1 heterocycles. The second-order valence-corrected chi connectivity index (χ2v) is 4.27. The maximum Gasteiger partial charge on any atom is 0.0867 e. The van der Waals surface area contributed by atoms with Crippen LogP contribution in [0.3, 0.4) is 0 Å². The third-order valence-corrected chi connectivity index (χ3v) is 3.34. The largest absolute Gasteiger partial charge is 0.392 e. The molecule has 14 heavy (non-hydrogen) atoms. The Bertz CT molecular complexity index is 322. The van der Waals surface area contributed by atoms with Crippen LogP contribution >= 0.6 is 0 Å². The monoisotopic (exact) mass is 190 g/mol. The topological polar surface area (TPSA) is 32.8 Å². The van der Waals surface area contributed by atoms with Crippen molar-refractivity contribution in [2.75, 3.05) is 0 Å². The molecule has 2 aliphatic rings. The molecule has 3 rings (SSSR count). The number of aliphatic hydroxyl groups is 1. The molecule has 2 nitrogen and oxygen atoms in total. The summed E-state index contributed by atoms with van der Waals surface area (Å²) in [5.74, 6) is 0.278. The van der Waals surface area contributed by atoms with E-state index in [1.807, 2.05) is 18.2 Å². The SMILES string of the molecule is O[C@H]1C[C@H]2O[C@H]2C[C@@H]1c1ccccc1. The Balaban J connectivity index is 1.83. The molecular formula is C12H14O2. The molecule has 2 heteroatoms. The van der Waals surface area contributed by atoms with Gasteiger partial charge in [-0.3, -0.25) is 0 Å². The molecule has 1 aliphatic heterocycles. The summed E-state index contributed by atoms with van der Waals surface area (Å²) in [7, 11) is 0. The Morgan fingerprint density at radius 2 is 1.79 bits per heavy atom. The van der Waals surface area contributed by atoms with E-state index in [1.165, 1.54) is 5.56 Å². The average molecular weight is 190 g/mol. The van der Waals surface area contributed by atoms with Crippen LogP contribution in [-0.4, -0.2) is 23.4 Å². The molecule has 4 atom stereocenters. The van der Waals surface area contributed by atoms with Gasteiger partial charge in [0.15, 0.2) is 0 Å². The van der Waals surface area contributed by atoms with E-state index >= 15 is 0 Å². The van der Waals surface area contributed by atoms with Crippen molar-refractivity contribution in [2.45, 2.75) is 37.1 Å². The first kappa shape index (κ1) is 8.45. The van der Waals surface area contributed by atoms with Crippen LogP contribution in [0.4, 0.5) is 0 Å². The molecule has 0 bridgehead atoms. The molecule has 1 saturated carbocycles. The van der Waals surface area contributed by atoms with Crippen LogP contribution in [0, 0.1) is 0 Å². The van der Waals surface area contributed by atoms with Crippen LogP contribution in [0.1, 0.15) is 24.3 Å². The second kappa shape index (κ2) is 3.07. The summed E-state index contributed by atoms with van der Waals surface area (Å²) in [6.45, 7) is 0. The normalized spacial score (nSPS) is 40.4. The predicted octanol–water partition coefficient (Wildman–Crippen LogP) is 1.69. The number of hydrogen-bond acceptors (Lipinski definition) is 2. The third-order valence-electron chi connectivity index (χ3n) is 3.34. The van der Waals surface area contributed by atoms with Gasteiger partial charge in [-0.2, -0.15) is 0 Å². The van der Waals surface area contributed by atoms with Crippen molar-refractivity contribution in [3.05, 3.63) is 35.9 Å². The molecule has 0 radical (unpaired) electrons. The lowest BCUT2D eigenvalue weighted by atomic mass is 9.82. The molecule has 1 aromatic carbocycles. The van der Waals surface area contributed by atoms with Crippen molar-refractivity contribution in [1.82, 2.24) is 0 Å². The number of aliphatic hydroxyl groups excluding tert-OH is 1. The zero-order valence-electron chi connectivity index (χ0n) is 7.97. The van der Waals surface area contributed by atoms with Gasteiger partial charge in [0, 0.05) is 12.3 Å². The van der Waals surface area contributed by atoms with E-state index in [9.17, 15) is 5.11 Å². The Morgan fingerprint density at radius 1 is 1.07 bits per heavy atom. The molecular weight excluding hydrogens is 176 g/mol. The number of ether oxygens (including phenoxy) is 1.